The summed E-state index contributed by atoms with van der Waals surface area (Å²) in [4.78, 5) is 33.0. The summed E-state index contributed by atoms with van der Waals surface area (Å²) in [5.41, 5.74) is 6.80. The Labute approximate surface area is 183 Å². The zero-order valence-electron chi connectivity index (χ0n) is 17.5. The molecule has 3 heterocycles. The normalized spacial score (nSPS) is 16.0. The van der Waals surface area contributed by atoms with Crippen LogP contribution in [0.2, 0.25) is 0 Å². The minimum Gasteiger partial charge on any atom is -0.481 e. The summed E-state index contributed by atoms with van der Waals surface area (Å²) in [5.74, 6) is -1.08. The molecule has 1 aliphatic carbocycles. The number of hydrogen-bond acceptors (Lipinski definition) is 6. The van der Waals surface area contributed by atoms with E-state index in [1.54, 1.807) is 27.8 Å². The van der Waals surface area contributed by atoms with E-state index in [0.717, 1.165) is 28.4 Å². The van der Waals surface area contributed by atoms with Crippen LogP contribution in [0.3, 0.4) is 0 Å². The molecule has 3 aromatic heterocycles. The molecular formula is C22H23N7O3. The number of nitrogens with zero attached hydrogens (tertiary/aromatic N) is 5. The van der Waals surface area contributed by atoms with Crippen molar-refractivity contribution in [3.05, 3.63) is 42.9 Å². The van der Waals surface area contributed by atoms with Gasteiger partial charge in [-0.1, -0.05) is 6.42 Å². The van der Waals surface area contributed by atoms with E-state index in [1.807, 2.05) is 31.3 Å². The third-order valence-corrected chi connectivity index (χ3v) is 6.50. The third kappa shape index (κ3) is 3.15. The second-order valence-corrected chi connectivity index (χ2v) is 8.36. The first-order valence-electron chi connectivity index (χ1n) is 10.4. The number of aryl methyl sites for hydroxylation is 1. The third-order valence-electron chi connectivity index (χ3n) is 6.50. The molecule has 0 aliphatic heterocycles. The molecule has 0 radical (unpaired) electrons. The van der Waals surface area contributed by atoms with Crippen molar-refractivity contribution in [3.8, 4) is 0 Å². The minimum absolute atomic E-state index is 0.0694. The molecule has 0 saturated heterocycles. The molecule has 10 nitrogen and oxygen atoms in total. The van der Waals surface area contributed by atoms with Crippen LogP contribution in [0.5, 0.6) is 0 Å². The first kappa shape index (κ1) is 20.0. The molecule has 1 aliphatic rings. The van der Waals surface area contributed by atoms with E-state index in [1.165, 1.54) is 0 Å². The maximum atomic E-state index is 12.2. The van der Waals surface area contributed by atoms with Gasteiger partial charge < -0.3 is 20.7 Å². The highest BCUT2D eigenvalue weighted by atomic mass is 16.4. The van der Waals surface area contributed by atoms with Crippen LogP contribution in [-0.2, 0) is 16.6 Å². The van der Waals surface area contributed by atoms with Crippen LogP contribution >= 0.6 is 0 Å². The van der Waals surface area contributed by atoms with Crippen molar-refractivity contribution < 1.29 is 14.7 Å². The lowest BCUT2D eigenvalue weighted by Crippen LogP contribution is -2.46. The maximum absolute atomic E-state index is 12.2. The molecule has 10 heteroatoms. The Morgan fingerprint density at radius 1 is 1.25 bits per heavy atom. The van der Waals surface area contributed by atoms with Crippen molar-refractivity contribution >= 4 is 45.4 Å². The summed E-state index contributed by atoms with van der Waals surface area (Å²) in [7, 11) is 1.87. The first-order chi connectivity index (χ1) is 15.4. The molecule has 164 valence electrons. The summed E-state index contributed by atoms with van der Waals surface area (Å²) >= 11 is 0. The zero-order valence-corrected chi connectivity index (χ0v) is 17.5. The van der Waals surface area contributed by atoms with Crippen molar-refractivity contribution in [1.82, 2.24) is 24.3 Å². The minimum atomic E-state index is -1.02. The van der Waals surface area contributed by atoms with Gasteiger partial charge in [0, 0.05) is 42.3 Å². The first-order valence-corrected chi connectivity index (χ1v) is 10.4. The molecule has 0 bridgehead atoms. The molecule has 32 heavy (non-hydrogen) atoms. The van der Waals surface area contributed by atoms with Gasteiger partial charge in [0.1, 0.15) is 5.65 Å². The number of nitrogens with two attached hydrogens (primary N) is 1. The number of anilines is 2. The van der Waals surface area contributed by atoms with Crippen LogP contribution in [0.4, 0.5) is 11.6 Å². The Balaban J connectivity index is 1.54. The van der Waals surface area contributed by atoms with E-state index in [0.29, 0.717) is 24.4 Å². The summed E-state index contributed by atoms with van der Waals surface area (Å²) in [6.45, 7) is 0. The maximum Gasteiger partial charge on any atom is 0.311 e. The fourth-order valence-corrected chi connectivity index (χ4v) is 4.60. The Morgan fingerprint density at radius 2 is 2.06 bits per heavy atom. The second-order valence-electron chi connectivity index (χ2n) is 8.36. The molecule has 1 unspecified atom stereocenters. The van der Waals surface area contributed by atoms with Gasteiger partial charge in [-0.2, -0.15) is 10.1 Å². The zero-order chi connectivity index (χ0) is 22.5. The van der Waals surface area contributed by atoms with Crippen molar-refractivity contribution in [2.24, 2.45) is 18.2 Å². The average molecular weight is 433 g/mol. The SMILES string of the molecule is Cn1ncc2ccc(Nc3ncc4ccn(C(CC(N)=O)C5(C(=O)O)CCC5)c4n3)cc21. The quantitative estimate of drug-likeness (QED) is 0.407. The number of hydrogen-bond donors (Lipinski definition) is 3. The summed E-state index contributed by atoms with van der Waals surface area (Å²) < 4.78 is 3.55. The second kappa shape index (κ2) is 7.33. The molecule has 0 spiro atoms. The summed E-state index contributed by atoms with van der Waals surface area (Å²) in [6.07, 6.45) is 6.98. The van der Waals surface area contributed by atoms with E-state index in [2.05, 4.69) is 20.4 Å². The Hall–Kier alpha value is -3.95. The lowest BCUT2D eigenvalue weighted by Gasteiger charge is -2.44. The molecule has 4 N–H and O–H groups in total. The molecule has 1 fully saturated rings. The molecule has 1 amide bonds. The number of primary amides is 1. The largest absolute Gasteiger partial charge is 0.481 e. The standard InChI is InChI=1S/C22H23N7O3/c1-28-16-9-15(4-3-13(16)12-25-28)26-21-24-11-14-5-8-29(19(14)27-21)17(10-18(23)30)22(20(31)32)6-2-7-22/h3-5,8-9,11-12,17H,2,6-7,10H2,1H3,(H2,23,30)(H,31,32)(H,24,26,27). The Bertz CT molecular complexity index is 1350. The van der Waals surface area contributed by atoms with Crippen molar-refractivity contribution in [3.63, 3.8) is 0 Å². The number of fused-ring (bicyclic) bond motifs is 2. The van der Waals surface area contributed by atoms with Crippen LogP contribution in [0, 0.1) is 5.41 Å². The number of carbonyl (C=O) groups excluding carboxylic acids is 1. The molecule has 1 aromatic carbocycles. The van der Waals surface area contributed by atoms with Gasteiger partial charge in [0.25, 0.3) is 0 Å². The van der Waals surface area contributed by atoms with Crippen LogP contribution in [0.25, 0.3) is 21.9 Å². The number of carboxylic acids is 1. The Morgan fingerprint density at radius 3 is 2.75 bits per heavy atom. The van der Waals surface area contributed by atoms with Gasteiger partial charge in [-0.3, -0.25) is 14.3 Å². The van der Waals surface area contributed by atoms with Gasteiger partial charge in [-0.05, 0) is 37.1 Å². The summed E-state index contributed by atoms with van der Waals surface area (Å²) in [6, 6.07) is 7.04. The van der Waals surface area contributed by atoms with E-state index in [9.17, 15) is 14.7 Å². The number of aromatic nitrogens is 5. The van der Waals surface area contributed by atoms with Crippen LogP contribution in [0.15, 0.2) is 42.9 Å². The highest BCUT2D eigenvalue weighted by molar-refractivity contribution is 5.84. The fourth-order valence-electron chi connectivity index (χ4n) is 4.60. The van der Waals surface area contributed by atoms with Crippen molar-refractivity contribution in [2.75, 3.05) is 5.32 Å². The van der Waals surface area contributed by atoms with Crippen LogP contribution < -0.4 is 11.1 Å². The molecule has 1 saturated carbocycles. The van der Waals surface area contributed by atoms with Crippen LogP contribution in [-0.4, -0.2) is 41.3 Å². The van der Waals surface area contributed by atoms with Gasteiger partial charge >= 0.3 is 5.97 Å². The number of carbonyl (C=O) groups is 2. The van der Waals surface area contributed by atoms with E-state index < -0.39 is 23.3 Å². The molecule has 4 aromatic rings. The fraction of sp³-hybridized carbons (Fsp3) is 0.318. The predicted octanol–water partition coefficient (Wildman–Crippen LogP) is 2.73. The number of rotatable bonds is 7. The van der Waals surface area contributed by atoms with Gasteiger partial charge in [-0.25, -0.2) is 4.98 Å². The predicted molar refractivity (Wildman–Crippen MR) is 118 cm³/mol. The lowest BCUT2D eigenvalue weighted by atomic mass is 9.63. The van der Waals surface area contributed by atoms with Gasteiger partial charge in [0.15, 0.2) is 0 Å². The topological polar surface area (TPSA) is 141 Å². The number of nitrogens with one attached hydrogen (secondary N) is 1. The van der Waals surface area contributed by atoms with Gasteiger partial charge in [-0.15, -0.1) is 0 Å². The number of benzene rings is 1. The highest BCUT2D eigenvalue weighted by Gasteiger charge is 2.52. The summed E-state index contributed by atoms with van der Waals surface area (Å²) in [5, 5.41) is 19.2. The van der Waals surface area contributed by atoms with Crippen LogP contribution in [0.1, 0.15) is 31.7 Å². The monoisotopic (exact) mass is 433 g/mol. The number of amides is 1. The number of aliphatic carboxylic acids is 1. The molecular weight excluding hydrogens is 410 g/mol. The highest BCUT2D eigenvalue weighted by Crippen LogP contribution is 2.51. The van der Waals surface area contributed by atoms with Gasteiger partial charge in [0.05, 0.1) is 23.2 Å². The lowest BCUT2D eigenvalue weighted by molar-refractivity contribution is -0.159. The Kier molecular flexibility index (Phi) is 4.58. The van der Waals surface area contributed by atoms with Gasteiger partial charge in [0.2, 0.25) is 11.9 Å². The van der Waals surface area contributed by atoms with E-state index in [-0.39, 0.29) is 6.42 Å². The average Bonchev–Trinajstić information content (AvgIpc) is 3.29. The van der Waals surface area contributed by atoms with Crippen molar-refractivity contribution in [1.29, 1.82) is 0 Å². The van der Waals surface area contributed by atoms with E-state index >= 15 is 0 Å². The van der Waals surface area contributed by atoms with E-state index in [4.69, 9.17) is 5.73 Å². The molecule has 5 rings (SSSR count). The number of carboxylic acid groups (broad SMARTS) is 1. The van der Waals surface area contributed by atoms with Crippen molar-refractivity contribution in [2.45, 2.75) is 31.7 Å². The molecule has 1 atom stereocenters. The smallest absolute Gasteiger partial charge is 0.311 e.